The summed E-state index contributed by atoms with van der Waals surface area (Å²) in [6.07, 6.45) is 2.86. The van der Waals surface area contributed by atoms with Crippen molar-refractivity contribution < 1.29 is 4.52 Å². The number of nitrogens with zero attached hydrogens (tertiary/aromatic N) is 3. The van der Waals surface area contributed by atoms with Crippen molar-refractivity contribution in [2.24, 2.45) is 0 Å². The lowest BCUT2D eigenvalue weighted by Gasteiger charge is -2.02. The van der Waals surface area contributed by atoms with Crippen molar-refractivity contribution in [2.75, 3.05) is 0 Å². The van der Waals surface area contributed by atoms with Gasteiger partial charge in [-0.1, -0.05) is 24.2 Å². The van der Waals surface area contributed by atoms with E-state index >= 15 is 0 Å². The molecule has 0 aliphatic carbocycles. The number of benzene rings is 1. The molecule has 1 aromatic carbocycles. The molecule has 0 fully saturated rings. The summed E-state index contributed by atoms with van der Waals surface area (Å²) in [5.74, 6) is 1.42. The molecule has 0 radical (unpaired) electrons. The molecule has 0 amide bonds. The monoisotopic (exact) mass is 241 g/mol. The second kappa shape index (κ2) is 4.29. The zero-order chi connectivity index (χ0) is 12.5. The predicted molar refractivity (Wildman–Crippen MR) is 69.5 cm³/mol. The second-order valence-corrected chi connectivity index (χ2v) is 4.46. The van der Waals surface area contributed by atoms with Crippen molar-refractivity contribution in [2.45, 2.75) is 26.8 Å². The van der Waals surface area contributed by atoms with Gasteiger partial charge in [0.2, 0.25) is 5.89 Å². The number of aromatic nitrogens is 3. The molecule has 0 saturated carbocycles. The molecule has 4 heteroatoms. The zero-order valence-corrected chi connectivity index (χ0v) is 10.6. The van der Waals surface area contributed by atoms with Crippen LogP contribution in [0.15, 0.2) is 35.0 Å². The van der Waals surface area contributed by atoms with E-state index in [0.29, 0.717) is 12.4 Å². The van der Waals surface area contributed by atoms with Crippen molar-refractivity contribution >= 4 is 10.9 Å². The quantitative estimate of drug-likeness (QED) is 0.708. The van der Waals surface area contributed by atoms with Crippen molar-refractivity contribution in [3.8, 4) is 0 Å². The van der Waals surface area contributed by atoms with Gasteiger partial charge in [0, 0.05) is 18.1 Å². The molecule has 0 spiro atoms. The molecular formula is C14H15N3O. The van der Waals surface area contributed by atoms with Crippen molar-refractivity contribution in [3.05, 3.63) is 47.7 Å². The van der Waals surface area contributed by atoms with Gasteiger partial charge >= 0.3 is 0 Å². The SMILES string of the molecule is CCc1noc(Cn2ccc3ccc(C)cc32)n1. The molecule has 92 valence electrons. The van der Waals surface area contributed by atoms with Crippen LogP contribution in [0.5, 0.6) is 0 Å². The minimum absolute atomic E-state index is 0.625. The van der Waals surface area contributed by atoms with E-state index in [9.17, 15) is 0 Å². The van der Waals surface area contributed by atoms with Crippen molar-refractivity contribution in [1.82, 2.24) is 14.7 Å². The average Bonchev–Trinajstić information content (AvgIpc) is 2.97. The van der Waals surface area contributed by atoms with Gasteiger partial charge in [-0.2, -0.15) is 4.98 Å². The van der Waals surface area contributed by atoms with Crippen LogP contribution in [0.25, 0.3) is 10.9 Å². The summed E-state index contributed by atoms with van der Waals surface area (Å²) >= 11 is 0. The van der Waals surface area contributed by atoms with E-state index in [-0.39, 0.29) is 0 Å². The third kappa shape index (κ3) is 1.90. The zero-order valence-electron chi connectivity index (χ0n) is 10.6. The maximum atomic E-state index is 5.23. The fourth-order valence-corrected chi connectivity index (χ4v) is 2.08. The van der Waals surface area contributed by atoms with E-state index in [1.165, 1.54) is 16.5 Å². The summed E-state index contributed by atoms with van der Waals surface area (Å²) in [6.45, 7) is 4.74. The van der Waals surface area contributed by atoms with Gasteiger partial charge in [-0.3, -0.25) is 0 Å². The third-order valence-corrected chi connectivity index (χ3v) is 3.06. The maximum Gasteiger partial charge on any atom is 0.246 e. The summed E-state index contributed by atoms with van der Waals surface area (Å²) in [4.78, 5) is 4.33. The van der Waals surface area contributed by atoms with Crippen molar-refractivity contribution in [3.63, 3.8) is 0 Å². The Morgan fingerprint density at radius 3 is 2.94 bits per heavy atom. The molecule has 0 saturated heterocycles. The fourth-order valence-electron chi connectivity index (χ4n) is 2.08. The summed E-state index contributed by atoms with van der Waals surface area (Å²) in [5, 5.41) is 5.15. The Balaban J connectivity index is 1.96. The van der Waals surface area contributed by atoms with Gasteiger partial charge in [0.25, 0.3) is 0 Å². The lowest BCUT2D eigenvalue weighted by Crippen LogP contribution is -1.98. The Hall–Kier alpha value is -2.10. The van der Waals surface area contributed by atoms with Crippen LogP contribution < -0.4 is 0 Å². The predicted octanol–water partition coefficient (Wildman–Crippen LogP) is 2.94. The van der Waals surface area contributed by atoms with Crippen LogP contribution in [0.1, 0.15) is 24.2 Å². The smallest absolute Gasteiger partial charge is 0.246 e. The highest BCUT2D eigenvalue weighted by Gasteiger charge is 2.07. The first-order valence-electron chi connectivity index (χ1n) is 6.13. The number of hydrogen-bond acceptors (Lipinski definition) is 3. The van der Waals surface area contributed by atoms with Crippen molar-refractivity contribution in [1.29, 1.82) is 0 Å². The molecule has 3 rings (SSSR count). The normalized spacial score (nSPS) is 11.2. The van der Waals surface area contributed by atoms with Gasteiger partial charge in [0.1, 0.15) is 6.54 Å². The number of rotatable bonds is 3. The van der Waals surface area contributed by atoms with Gasteiger partial charge in [-0.05, 0) is 30.0 Å². The molecule has 3 aromatic rings. The van der Waals surface area contributed by atoms with E-state index in [2.05, 4.69) is 52.1 Å². The fraction of sp³-hybridized carbons (Fsp3) is 0.286. The molecule has 0 atom stereocenters. The molecule has 0 N–H and O–H groups in total. The molecule has 0 aliphatic rings. The number of hydrogen-bond donors (Lipinski definition) is 0. The number of fused-ring (bicyclic) bond motifs is 1. The van der Waals surface area contributed by atoms with Crippen LogP contribution in [-0.4, -0.2) is 14.7 Å². The lowest BCUT2D eigenvalue weighted by molar-refractivity contribution is 0.368. The molecule has 2 aromatic heterocycles. The summed E-state index contributed by atoms with van der Waals surface area (Å²) in [5.41, 5.74) is 2.45. The van der Waals surface area contributed by atoms with E-state index in [0.717, 1.165) is 12.2 Å². The van der Waals surface area contributed by atoms with Crippen LogP contribution in [0.4, 0.5) is 0 Å². The Morgan fingerprint density at radius 2 is 2.17 bits per heavy atom. The minimum Gasteiger partial charge on any atom is -0.338 e. The molecule has 2 heterocycles. The molecule has 0 bridgehead atoms. The van der Waals surface area contributed by atoms with Gasteiger partial charge < -0.3 is 9.09 Å². The van der Waals surface area contributed by atoms with Gasteiger partial charge in [0.15, 0.2) is 5.82 Å². The Kier molecular flexibility index (Phi) is 2.63. The highest BCUT2D eigenvalue weighted by molar-refractivity contribution is 5.80. The first kappa shape index (κ1) is 11.0. The summed E-state index contributed by atoms with van der Waals surface area (Å²) < 4.78 is 7.36. The lowest BCUT2D eigenvalue weighted by atomic mass is 10.2. The van der Waals surface area contributed by atoms with Crippen LogP contribution in [0, 0.1) is 6.92 Å². The standard InChI is InChI=1S/C14H15N3O/c1-3-13-15-14(18-16-13)9-17-7-6-11-5-4-10(2)8-12(11)17/h4-8H,3,9H2,1-2H3. The maximum absolute atomic E-state index is 5.23. The minimum atomic E-state index is 0.625. The molecular weight excluding hydrogens is 226 g/mol. The van der Waals surface area contributed by atoms with E-state index in [4.69, 9.17) is 4.52 Å². The molecule has 0 unspecified atom stereocenters. The van der Waals surface area contributed by atoms with E-state index < -0.39 is 0 Å². The highest BCUT2D eigenvalue weighted by atomic mass is 16.5. The van der Waals surface area contributed by atoms with Crippen LogP contribution in [0.3, 0.4) is 0 Å². The van der Waals surface area contributed by atoms with Crippen LogP contribution >= 0.6 is 0 Å². The first-order valence-corrected chi connectivity index (χ1v) is 6.13. The van der Waals surface area contributed by atoms with Gasteiger partial charge in [0.05, 0.1) is 0 Å². The first-order chi connectivity index (χ1) is 8.76. The van der Waals surface area contributed by atoms with Gasteiger partial charge in [-0.25, -0.2) is 0 Å². The highest BCUT2D eigenvalue weighted by Crippen LogP contribution is 2.18. The largest absolute Gasteiger partial charge is 0.338 e. The summed E-state index contributed by atoms with van der Waals surface area (Å²) in [6, 6.07) is 8.53. The summed E-state index contributed by atoms with van der Waals surface area (Å²) in [7, 11) is 0. The number of aryl methyl sites for hydroxylation is 2. The Labute approximate surface area is 105 Å². The second-order valence-electron chi connectivity index (χ2n) is 4.46. The average molecular weight is 241 g/mol. The molecule has 0 aliphatic heterocycles. The molecule has 4 nitrogen and oxygen atoms in total. The van der Waals surface area contributed by atoms with Gasteiger partial charge in [-0.15, -0.1) is 0 Å². The van der Waals surface area contributed by atoms with Crippen LogP contribution in [0.2, 0.25) is 0 Å². The van der Waals surface area contributed by atoms with E-state index in [1.54, 1.807) is 0 Å². The Bertz CT molecular complexity index is 681. The topological polar surface area (TPSA) is 43.9 Å². The molecule has 18 heavy (non-hydrogen) atoms. The van der Waals surface area contributed by atoms with E-state index in [1.807, 2.05) is 6.92 Å². The third-order valence-electron chi connectivity index (χ3n) is 3.06. The Morgan fingerprint density at radius 1 is 1.28 bits per heavy atom. The van der Waals surface area contributed by atoms with Crippen LogP contribution in [-0.2, 0) is 13.0 Å².